The molecular weight excluding hydrogens is 340 g/mol. The summed E-state index contributed by atoms with van der Waals surface area (Å²) in [6.45, 7) is 3.30. The number of benzene rings is 1. The molecule has 0 saturated carbocycles. The Bertz CT molecular complexity index is 800. The van der Waals surface area contributed by atoms with E-state index < -0.39 is 25.4 Å². The minimum atomic E-state index is -3.83. The lowest BCUT2D eigenvalue weighted by Gasteiger charge is -2.23. The van der Waals surface area contributed by atoms with E-state index >= 15 is 0 Å². The fourth-order valence-electron chi connectivity index (χ4n) is 2.44. The molecule has 1 aromatic carbocycles. The zero-order valence-electron chi connectivity index (χ0n) is 13.0. The molecule has 128 valence electrons. The van der Waals surface area contributed by atoms with Gasteiger partial charge in [0.25, 0.3) is 0 Å². The summed E-state index contributed by atoms with van der Waals surface area (Å²) in [5, 5.41) is 2.63. The molecule has 1 heterocycles. The molecule has 7 nitrogen and oxygen atoms in total. The summed E-state index contributed by atoms with van der Waals surface area (Å²) < 4.78 is 50.4. The van der Waals surface area contributed by atoms with Gasteiger partial charge in [-0.1, -0.05) is 6.92 Å². The second-order valence-corrected chi connectivity index (χ2v) is 9.80. The molecular formula is C14H20N2O5S2. The number of nitrogens with one attached hydrogen (secondary N) is 2. The number of hydrogen-bond acceptors (Lipinski definition) is 5. The standard InChI is InChI=1S/C14H20N2O5S2/c1-3-13(17)15-11-4-6-12(7-5-11)23(20,21)16-14(2)8-9-22(18,19)10-14/h4-7,16H,3,8-10H2,1-2H3,(H,15,17). The molecule has 1 atom stereocenters. The van der Waals surface area contributed by atoms with E-state index in [2.05, 4.69) is 10.0 Å². The molecule has 1 aromatic rings. The number of anilines is 1. The lowest BCUT2D eigenvalue weighted by molar-refractivity contribution is -0.115. The number of hydrogen-bond donors (Lipinski definition) is 2. The van der Waals surface area contributed by atoms with Crippen LogP contribution >= 0.6 is 0 Å². The molecule has 0 aliphatic carbocycles. The predicted molar refractivity (Wildman–Crippen MR) is 87.4 cm³/mol. The van der Waals surface area contributed by atoms with Crippen LogP contribution in [0.3, 0.4) is 0 Å². The van der Waals surface area contributed by atoms with E-state index in [9.17, 15) is 21.6 Å². The maximum atomic E-state index is 12.4. The average molecular weight is 360 g/mol. The van der Waals surface area contributed by atoms with Gasteiger partial charge in [0, 0.05) is 17.6 Å². The number of carbonyl (C=O) groups is 1. The molecule has 0 spiro atoms. The smallest absolute Gasteiger partial charge is 0.241 e. The molecule has 1 amide bonds. The van der Waals surface area contributed by atoms with Crippen molar-refractivity contribution in [3.05, 3.63) is 24.3 Å². The minimum Gasteiger partial charge on any atom is -0.326 e. The molecule has 1 unspecified atom stereocenters. The van der Waals surface area contributed by atoms with Gasteiger partial charge in [0.05, 0.1) is 16.4 Å². The van der Waals surface area contributed by atoms with E-state index in [0.717, 1.165) is 0 Å². The third-order valence-corrected chi connectivity index (χ3v) is 7.21. The first kappa shape index (κ1) is 17.9. The van der Waals surface area contributed by atoms with Crippen LogP contribution in [0.1, 0.15) is 26.7 Å². The van der Waals surface area contributed by atoms with Gasteiger partial charge >= 0.3 is 0 Å². The third kappa shape index (κ3) is 4.52. The zero-order chi connectivity index (χ0) is 17.3. The van der Waals surface area contributed by atoms with Crippen molar-refractivity contribution in [1.29, 1.82) is 0 Å². The first-order chi connectivity index (χ1) is 10.6. The summed E-state index contributed by atoms with van der Waals surface area (Å²) in [7, 11) is -7.04. The van der Waals surface area contributed by atoms with Crippen LogP contribution < -0.4 is 10.0 Å². The van der Waals surface area contributed by atoms with E-state index in [1.807, 2.05) is 0 Å². The van der Waals surface area contributed by atoms with Crippen molar-refractivity contribution in [2.75, 3.05) is 16.8 Å². The summed E-state index contributed by atoms with van der Waals surface area (Å²) in [5.74, 6) is -0.389. The second kappa shape index (κ2) is 6.21. The quantitative estimate of drug-likeness (QED) is 0.810. The van der Waals surface area contributed by atoms with Gasteiger partial charge in [-0.05, 0) is 37.6 Å². The lowest BCUT2D eigenvalue weighted by Crippen LogP contribution is -2.46. The van der Waals surface area contributed by atoms with Crippen LogP contribution in [-0.4, -0.2) is 39.8 Å². The number of sulfone groups is 1. The van der Waals surface area contributed by atoms with E-state index in [4.69, 9.17) is 0 Å². The molecule has 2 N–H and O–H groups in total. The lowest BCUT2D eigenvalue weighted by atomic mass is 10.0. The van der Waals surface area contributed by atoms with Gasteiger partial charge in [-0.25, -0.2) is 21.6 Å². The highest BCUT2D eigenvalue weighted by atomic mass is 32.2. The molecule has 0 aromatic heterocycles. The summed E-state index contributed by atoms with van der Waals surface area (Å²) in [6.07, 6.45) is 0.577. The van der Waals surface area contributed by atoms with Gasteiger partial charge < -0.3 is 5.32 Å². The normalized spacial score (nSPS) is 23.6. The number of sulfonamides is 1. The number of amides is 1. The molecule has 1 aliphatic heterocycles. The van der Waals surface area contributed by atoms with Crippen LogP contribution in [0.4, 0.5) is 5.69 Å². The van der Waals surface area contributed by atoms with Gasteiger partial charge in [-0.15, -0.1) is 0 Å². The molecule has 0 bridgehead atoms. The highest BCUT2D eigenvalue weighted by molar-refractivity contribution is 7.92. The highest BCUT2D eigenvalue weighted by Gasteiger charge is 2.41. The first-order valence-corrected chi connectivity index (χ1v) is 10.5. The number of rotatable bonds is 5. The Kier molecular flexibility index (Phi) is 4.84. The molecule has 1 aliphatic rings. The van der Waals surface area contributed by atoms with Crippen molar-refractivity contribution in [3.8, 4) is 0 Å². The Balaban J connectivity index is 2.15. The Morgan fingerprint density at radius 3 is 2.35 bits per heavy atom. The SMILES string of the molecule is CCC(=O)Nc1ccc(S(=O)(=O)NC2(C)CCS(=O)(=O)C2)cc1. The largest absolute Gasteiger partial charge is 0.326 e. The van der Waals surface area contributed by atoms with Gasteiger partial charge in [0.15, 0.2) is 9.84 Å². The monoisotopic (exact) mass is 360 g/mol. The maximum absolute atomic E-state index is 12.4. The Labute approximate surface area is 136 Å². The van der Waals surface area contributed by atoms with Crippen LogP contribution in [0.25, 0.3) is 0 Å². The highest BCUT2D eigenvalue weighted by Crippen LogP contribution is 2.25. The van der Waals surface area contributed by atoms with Crippen molar-refractivity contribution in [1.82, 2.24) is 4.72 Å². The van der Waals surface area contributed by atoms with E-state index in [-0.39, 0.29) is 28.7 Å². The fourth-order valence-corrected chi connectivity index (χ4v) is 6.06. The predicted octanol–water partition coefficient (Wildman–Crippen LogP) is 0.891. The first-order valence-electron chi connectivity index (χ1n) is 7.20. The van der Waals surface area contributed by atoms with Gasteiger partial charge in [0.2, 0.25) is 15.9 Å². The van der Waals surface area contributed by atoms with Crippen LogP contribution in [-0.2, 0) is 24.7 Å². The fraction of sp³-hybridized carbons (Fsp3) is 0.500. The van der Waals surface area contributed by atoms with Crippen molar-refractivity contribution in [2.45, 2.75) is 37.1 Å². The summed E-state index contributed by atoms with van der Waals surface area (Å²) >= 11 is 0. The van der Waals surface area contributed by atoms with Crippen LogP contribution in [0.15, 0.2) is 29.2 Å². The van der Waals surface area contributed by atoms with Crippen molar-refractivity contribution in [3.63, 3.8) is 0 Å². The van der Waals surface area contributed by atoms with E-state index in [1.54, 1.807) is 13.8 Å². The number of carbonyl (C=O) groups excluding carboxylic acids is 1. The Morgan fingerprint density at radius 1 is 1.26 bits per heavy atom. The third-order valence-electron chi connectivity index (χ3n) is 3.65. The molecule has 1 fully saturated rings. The molecule has 23 heavy (non-hydrogen) atoms. The van der Waals surface area contributed by atoms with E-state index in [1.165, 1.54) is 24.3 Å². The van der Waals surface area contributed by atoms with Gasteiger partial charge in [-0.3, -0.25) is 4.79 Å². The van der Waals surface area contributed by atoms with Crippen LogP contribution in [0, 0.1) is 0 Å². The zero-order valence-corrected chi connectivity index (χ0v) is 14.6. The Morgan fingerprint density at radius 2 is 1.87 bits per heavy atom. The van der Waals surface area contributed by atoms with Crippen LogP contribution in [0.2, 0.25) is 0 Å². The van der Waals surface area contributed by atoms with E-state index in [0.29, 0.717) is 12.1 Å². The summed E-state index contributed by atoms with van der Waals surface area (Å²) in [6, 6.07) is 5.74. The summed E-state index contributed by atoms with van der Waals surface area (Å²) in [5.41, 5.74) is -0.488. The van der Waals surface area contributed by atoms with Crippen molar-refractivity contribution >= 4 is 31.5 Å². The second-order valence-electron chi connectivity index (χ2n) is 5.93. The van der Waals surface area contributed by atoms with Crippen molar-refractivity contribution < 1.29 is 21.6 Å². The maximum Gasteiger partial charge on any atom is 0.241 e. The van der Waals surface area contributed by atoms with Gasteiger partial charge in [-0.2, -0.15) is 0 Å². The average Bonchev–Trinajstić information content (AvgIpc) is 2.72. The molecule has 0 radical (unpaired) electrons. The molecule has 9 heteroatoms. The topological polar surface area (TPSA) is 109 Å². The molecule has 1 saturated heterocycles. The minimum absolute atomic E-state index is 0.0198. The van der Waals surface area contributed by atoms with Gasteiger partial charge in [0.1, 0.15) is 0 Å². The summed E-state index contributed by atoms with van der Waals surface area (Å²) in [4.78, 5) is 11.3. The van der Waals surface area contributed by atoms with Crippen LogP contribution in [0.5, 0.6) is 0 Å². The van der Waals surface area contributed by atoms with Crippen molar-refractivity contribution in [2.24, 2.45) is 0 Å². The molecule has 2 rings (SSSR count). The Hall–Kier alpha value is -1.45.